The van der Waals surface area contributed by atoms with E-state index >= 15 is 0 Å². The van der Waals surface area contributed by atoms with Gasteiger partial charge in [0.05, 0.1) is 0 Å². The van der Waals surface area contributed by atoms with Crippen LogP contribution in [0.25, 0.3) is 0 Å². The lowest BCUT2D eigenvalue weighted by Crippen LogP contribution is -2.58. The Kier molecular flexibility index (Phi) is 5.08. The van der Waals surface area contributed by atoms with Crippen molar-refractivity contribution in [2.24, 2.45) is 17.8 Å². The predicted octanol–water partition coefficient (Wildman–Crippen LogP) is 3.13. The smallest absolute Gasteiger partial charge is 0.0218 e. The minimum Gasteiger partial charge on any atom is -0.311 e. The lowest BCUT2D eigenvalue weighted by Gasteiger charge is -2.43. The molecule has 1 heterocycles. The molecule has 0 bridgehead atoms. The van der Waals surface area contributed by atoms with E-state index in [1.807, 2.05) is 0 Å². The Morgan fingerprint density at radius 2 is 1.89 bits per heavy atom. The van der Waals surface area contributed by atoms with Crippen molar-refractivity contribution in [1.82, 2.24) is 10.2 Å². The molecule has 2 aliphatic rings. The molecule has 0 aromatic carbocycles. The Bertz CT molecular complexity index is 251. The summed E-state index contributed by atoms with van der Waals surface area (Å²) in [5.74, 6) is 2.65. The van der Waals surface area contributed by atoms with Gasteiger partial charge in [-0.15, -0.1) is 0 Å². The van der Waals surface area contributed by atoms with Gasteiger partial charge in [-0.25, -0.2) is 0 Å². The van der Waals surface area contributed by atoms with Crippen molar-refractivity contribution in [2.75, 3.05) is 19.6 Å². The highest BCUT2D eigenvalue weighted by Gasteiger charge is 2.30. The topological polar surface area (TPSA) is 15.3 Å². The maximum absolute atomic E-state index is 3.71. The number of piperazine rings is 1. The number of hydrogen-bond donors (Lipinski definition) is 1. The third kappa shape index (κ3) is 3.48. The van der Waals surface area contributed by atoms with E-state index in [0.717, 1.165) is 17.8 Å². The van der Waals surface area contributed by atoms with Crippen LogP contribution in [0.2, 0.25) is 0 Å². The average Bonchev–Trinajstić information content (AvgIpc) is 2.34. The zero-order valence-electron chi connectivity index (χ0n) is 12.8. The first-order chi connectivity index (χ1) is 8.58. The van der Waals surface area contributed by atoms with E-state index in [1.54, 1.807) is 0 Å². The van der Waals surface area contributed by atoms with Gasteiger partial charge in [0.25, 0.3) is 0 Å². The minimum absolute atomic E-state index is 0.695. The quantitative estimate of drug-likeness (QED) is 0.830. The largest absolute Gasteiger partial charge is 0.311 e. The van der Waals surface area contributed by atoms with E-state index in [9.17, 15) is 0 Å². The van der Waals surface area contributed by atoms with Crippen molar-refractivity contribution in [2.45, 2.75) is 65.5 Å². The summed E-state index contributed by atoms with van der Waals surface area (Å²) < 4.78 is 0. The highest BCUT2D eigenvalue weighted by molar-refractivity contribution is 4.87. The molecule has 4 atom stereocenters. The maximum Gasteiger partial charge on any atom is 0.0218 e. The number of nitrogens with one attached hydrogen (secondary N) is 1. The highest BCUT2D eigenvalue weighted by Crippen LogP contribution is 2.31. The summed E-state index contributed by atoms with van der Waals surface area (Å²) in [6, 6.07) is 1.41. The third-order valence-corrected chi connectivity index (χ3v) is 5.29. The van der Waals surface area contributed by atoms with E-state index in [2.05, 4.69) is 37.9 Å². The van der Waals surface area contributed by atoms with Crippen molar-refractivity contribution >= 4 is 0 Å². The molecule has 1 aliphatic carbocycles. The molecule has 2 fully saturated rings. The van der Waals surface area contributed by atoms with Crippen LogP contribution in [0, 0.1) is 17.8 Å². The molecule has 1 aliphatic heterocycles. The fourth-order valence-electron chi connectivity index (χ4n) is 3.61. The average molecular weight is 252 g/mol. The molecule has 1 saturated carbocycles. The van der Waals surface area contributed by atoms with Gasteiger partial charge < -0.3 is 5.32 Å². The normalized spacial score (nSPS) is 39.2. The van der Waals surface area contributed by atoms with E-state index < -0.39 is 0 Å². The molecule has 2 heteroatoms. The second kappa shape index (κ2) is 6.38. The summed E-state index contributed by atoms with van der Waals surface area (Å²) in [6.45, 7) is 13.3. The monoisotopic (exact) mass is 252 g/mol. The first-order valence-electron chi connectivity index (χ1n) is 8.05. The Labute approximate surface area is 114 Å². The van der Waals surface area contributed by atoms with Gasteiger partial charge in [-0.05, 0) is 31.1 Å². The molecular formula is C16H32N2. The van der Waals surface area contributed by atoms with Crippen molar-refractivity contribution < 1.29 is 0 Å². The molecule has 0 aromatic heterocycles. The molecule has 1 N–H and O–H groups in total. The zero-order valence-corrected chi connectivity index (χ0v) is 12.8. The van der Waals surface area contributed by atoms with Crippen LogP contribution >= 0.6 is 0 Å². The van der Waals surface area contributed by atoms with Crippen molar-refractivity contribution in [3.63, 3.8) is 0 Å². The fourth-order valence-corrected chi connectivity index (χ4v) is 3.61. The maximum atomic E-state index is 3.71. The summed E-state index contributed by atoms with van der Waals surface area (Å²) in [4.78, 5) is 2.76. The van der Waals surface area contributed by atoms with Crippen molar-refractivity contribution in [1.29, 1.82) is 0 Å². The third-order valence-electron chi connectivity index (χ3n) is 5.29. The molecule has 1 saturated heterocycles. The minimum atomic E-state index is 0.695. The van der Waals surface area contributed by atoms with E-state index in [-0.39, 0.29) is 0 Å². The van der Waals surface area contributed by atoms with Crippen LogP contribution in [0.1, 0.15) is 53.4 Å². The summed E-state index contributed by atoms with van der Waals surface area (Å²) >= 11 is 0. The zero-order chi connectivity index (χ0) is 13.1. The van der Waals surface area contributed by atoms with Crippen LogP contribution in [0.5, 0.6) is 0 Å². The van der Waals surface area contributed by atoms with Gasteiger partial charge >= 0.3 is 0 Å². The van der Waals surface area contributed by atoms with Crippen molar-refractivity contribution in [3.8, 4) is 0 Å². The molecule has 106 valence electrons. The first kappa shape index (κ1) is 14.3. The molecule has 18 heavy (non-hydrogen) atoms. The summed E-state index contributed by atoms with van der Waals surface area (Å²) in [5.41, 5.74) is 0. The van der Waals surface area contributed by atoms with E-state index in [4.69, 9.17) is 0 Å². The number of hydrogen-bond acceptors (Lipinski definition) is 2. The summed E-state index contributed by atoms with van der Waals surface area (Å²) in [5, 5.41) is 3.71. The molecule has 2 nitrogen and oxygen atoms in total. The van der Waals surface area contributed by atoms with Gasteiger partial charge in [0.15, 0.2) is 0 Å². The number of nitrogens with zero attached hydrogens (tertiary/aromatic N) is 1. The summed E-state index contributed by atoms with van der Waals surface area (Å²) in [6.07, 6.45) is 5.84. The van der Waals surface area contributed by atoms with Crippen LogP contribution in [-0.2, 0) is 0 Å². The van der Waals surface area contributed by atoms with Gasteiger partial charge in [-0.2, -0.15) is 0 Å². The molecule has 0 radical (unpaired) electrons. The van der Waals surface area contributed by atoms with Crippen molar-refractivity contribution in [3.05, 3.63) is 0 Å². The second-order valence-electron chi connectivity index (χ2n) is 7.08. The van der Waals surface area contributed by atoms with Gasteiger partial charge in [-0.1, -0.05) is 40.0 Å². The van der Waals surface area contributed by atoms with Crippen LogP contribution in [0.3, 0.4) is 0 Å². The Morgan fingerprint density at radius 3 is 2.56 bits per heavy atom. The van der Waals surface area contributed by atoms with Crippen LogP contribution in [0.15, 0.2) is 0 Å². The Morgan fingerprint density at radius 1 is 1.17 bits per heavy atom. The predicted molar refractivity (Wildman–Crippen MR) is 78.8 cm³/mol. The molecule has 0 aromatic rings. The highest BCUT2D eigenvalue weighted by atomic mass is 15.2. The van der Waals surface area contributed by atoms with E-state index in [1.165, 1.54) is 45.3 Å². The second-order valence-corrected chi connectivity index (χ2v) is 7.08. The molecule has 0 spiro atoms. The molecule has 0 amide bonds. The van der Waals surface area contributed by atoms with E-state index in [0.29, 0.717) is 12.1 Å². The molecule has 4 unspecified atom stereocenters. The van der Waals surface area contributed by atoms with Crippen LogP contribution in [-0.4, -0.2) is 36.6 Å². The standard InChI is InChI=1S/C16H32N2/c1-12(2)16-11-18(14(4)9-17-16)10-15-8-6-5-7-13(15)3/h12-17H,5-11H2,1-4H3. The van der Waals surface area contributed by atoms with Gasteiger partial charge in [0.2, 0.25) is 0 Å². The lowest BCUT2D eigenvalue weighted by molar-refractivity contribution is 0.0804. The van der Waals surface area contributed by atoms with Gasteiger partial charge in [-0.3, -0.25) is 4.90 Å². The van der Waals surface area contributed by atoms with Crippen LogP contribution in [0.4, 0.5) is 0 Å². The first-order valence-corrected chi connectivity index (χ1v) is 8.05. The Hall–Kier alpha value is -0.0800. The molecule has 2 rings (SSSR count). The number of rotatable bonds is 3. The SMILES string of the molecule is CC(C)C1CN(CC2CCCCC2C)C(C)CN1. The van der Waals surface area contributed by atoms with Crippen LogP contribution < -0.4 is 5.32 Å². The van der Waals surface area contributed by atoms with Gasteiger partial charge in [0, 0.05) is 31.7 Å². The fraction of sp³-hybridized carbons (Fsp3) is 1.00. The molecular weight excluding hydrogens is 220 g/mol. The van der Waals surface area contributed by atoms with Gasteiger partial charge in [0.1, 0.15) is 0 Å². The summed E-state index contributed by atoms with van der Waals surface area (Å²) in [7, 11) is 0. The Balaban J connectivity index is 1.89. The lowest BCUT2D eigenvalue weighted by atomic mass is 9.80.